The maximum atomic E-state index is 10.7. The van der Waals surface area contributed by atoms with Gasteiger partial charge in [0.15, 0.2) is 0 Å². The summed E-state index contributed by atoms with van der Waals surface area (Å²) in [6.07, 6.45) is 3.93. The summed E-state index contributed by atoms with van der Waals surface area (Å²) in [5.41, 5.74) is 1.37. The second kappa shape index (κ2) is 2.74. The molecule has 0 amide bonds. The van der Waals surface area contributed by atoms with Gasteiger partial charge in [0, 0.05) is 5.41 Å². The Morgan fingerprint density at radius 1 is 1.47 bits per heavy atom. The molecule has 2 aliphatic carbocycles. The van der Waals surface area contributed by atoms with Crippen LogP contribution in [-0.2, 0) is 12.0 Å². The molecule has 3 rings (SSSR count). The summed E-state index contributed by atoms with van der Waals surface area (Å²) in [6, 6.07) is 3.83. The fraction of sp³-hybridized carbons (Fsp3) is 0.583. The van der Waals surface area contributed by atoms with Crippen LogP contribution in [0, 0.1) is 5.41 Å². The zero-order valence-corrected chi connectivity index (χ0v) is 9.51. The van der Waals surface area contributed by atoms with Gasteiger partial charge in [-0.25, -0.2) is 4.98 Å². The molecule has 1 spiro atoms. The van der Waals surface area contributed by atoms with E-state index in [9.17, 15) is 5.11 Å². The van der Waals surface area contributed by atoms with E-state index in [0.717, 1.165) is 31.4 Å². The molecule has 15 heavy (non-hydrogen) atoms. The van der Waals surface area contributed by atoms with E-state index in [-0.39, 0.29) is 5.41 Å². The summed E-state index contributed by atoms with van der Waals surface area (Å²) < 4.78 is 0. The molecule has 1 atom stereocenters. The van der Waals surface area contributed by atoms with Gasteiger partial charge in [-0.15, -0.1) is 0 Å². The van der Waals surface area contributed by atoms with E-state index in [1.165, 1.54) is 5.56 Å². The molecule has 1 unspecified atom stereocenters. The molecule has 1 aromatic rings. The predicted molar refractivity (Wildman–Crippen MR) is 58.8 cm³/mol. The lowest BCUT2D eigenvalue weighted by atomic mass is 9.84. The average molecular weight is 224 g/mol. The highest BCUT2D eigenvalue weighted by Gasteiger charge is 2.63. The average Bonchev–Trinajstić information content (AvgIpc) is 2.96. The quantitative estimate of drug-likeness (QED) is 0.743. The van der Waals surface area contributed by atoms with Crippen LogP contribution in [0.5, 0.6) is 0 Å². The third-order valence-corrected chi connectivity index (χ3v) is 4.32. The molecule has 1 N–H and O–H groups in total. The van der Waals surface area contributed by atoms with Gasteiger partial charge in [-0.1, -0.05) is 24.6 Å². The van der Waals surface area contributed by atoms with E-state index < -0.39 is 5.60 Å². The number of pyridine rings is 1. The van der Waals surface area contributed by atoms with Gasteiger partial charge in [0.1, 0.15) is 10.8 Å². The lowest BCUT2D eigenvalue weighted by Crippen LogP contribution is -2.32. The minimum atomic E-state index is -0.729. The van der Waals surface area contributed by atoms with Crippen molar-refractivity contribution in [3.05, 3.63) is 28.5 Å². The third-order valence-electron chi connectivity index (χ3n) is 4.11. The topological polar surface area (TPSA) is 33.1 Å². The number of hydrogen-bond acceptors (Lipinski definition) is 2. The maximum absolute atomic E-state index is 10.7. The fourth-order valence-corrected chi connectivity index (χ4v) is 3.16. The van der Waals surface area contributed by atoms with E-state index in [1.807, 2.05) is 19.1 Å². The smallest absolute Gasteiger partial charge is 0.129 e. The SMILES string of the molecule is CCC1(O)c2nc(Cl)ccc2CC12CC2. The highest BCUT2D eigenvalue weighted by molar-refractivity contribution is 6.29. The van der Waals surface area contributed by atoms with Crippen LogP contribution in [0.4, 0.5) is 0 Å². The van der Waals surface area contributed by atoms with Gasteiger partial charge in [0.2, 0.25) is 0 Å². The Morgan fingerprint density at radius 3 is 2.80 bits per heavy atom. The van der Waals surface area contributed by atoms with E-state index >= 15 is 0 Å². The molecule has 3 heteroatoms. The van der Waals surface area contributed by atoms with Crippen molar-refractivity contribution < 1.29 is 5.11 Å². The van der Waals surface area contributed by atoms with Gasteiger partial charge in [-0.05, 0) is 37.3 Å². The van der Waals surface area contributed by atoms with E-state index in [4.69, 9.17) is 11.6 Å². The van der Waals surface area contributed by atoms with Crippen LogP contribution < -0.4 is 0 Å². The van der Waals surface area contributed by atoms with Crippen molar-refractivity contribution in [2.24, 2.45) is 5.41 Å². The molecule has 0 aliphatic heterocycles. The zero-order valence-electron chi connectivity index (χ0n) is 8.76. The number of fused-ring (bicyclic) bond motifs is 1. The number of nitrogens with zero attached hydrogens (tertiary/aromatic N) is 1. The highest BCUT2D eigenvalue weighted by atomic mass is 35.5. The Balaban J connectivity index is 2.19. The molecule has 2 nitrogen and oxygen atoms in total. The Hall–Kier alpha value is -0.600. The van der Waals surface area contributed by atoms with Gasteiger partial charge >= 0.3 is 0 Å². The van der Waals surface area contributed by atoms with Crippen molar-refractivity contribution in [2.75, 3.05) is 0 Å². The van der Waals surface area contributed by atoms with E-state index in [0.29, 0.717) is 5.15 Å². The van der Waals surface area contributed by atoms with Crippen LogP contribution in [0.2, 0.25) is 5.15 Å². The van der Waals surface area contributed by atoms with Crippen molar-refractivity contribution in [2.45, 2.75) is 38.2 Å². The molecule has 1 heterocycles. The summed E-state index contributed by atoms with van der Waals surface area (Å²) in [7, 11) is 0. The second-order valence-electron chi connectivity index (χ2n) is 4.81. The molecule has 80 valence electrons. The van der Waals surface area contributed by atoms with Crippen molar-refractivity contribution in [1.29, 1.82) is 0 Å². The first-order valence-corrected chi connectivity index (χ1v) is 5.87. The summed E-state index contributed by atoms with van der Waals surface area (Å²) in [5.74, 6) is 0. The van der Waals surface area contributed by atoms with Crippen LogP contribution in [0.25, 0.3) is 0 Å². The van der Waals surface area contributed by atoms with Crippen molar-refractivity contribution in [1.82, 2.24) is 4.98 Å². The summed E-state index contributed by atoms with van der Waals surface area (Å²) in [6.45, 7) is 2.03. The standard InChI is InChI=1S/C12H14ClNO/c1-2-12(15)10-8(3-4-9(13)14-10)7-11(12)5-6-11/h3-4,15H,2,5-7H2,1H3. The van der Waals surface area contributed by atoms with E-state index in [1.54, 1.807) is 0 Å². The summed E-state index contributed by atoms with van der Waals surface area (Å²) >= 11 is 5.90. The Labute approximate surface area is 94.3 Å². The fourth-order valence-electron chi connectivity index (χ4n) is 3.01. The molecule has 1 saturated carbocycles. The number of aromatic nitrogens is 1. The van der Waals surface area contributed by atoms with Crippen LogP contribution in [0.1, 0.15) is 37.4 Å². The normalized spacial score (nSPS) is 30.6. The van der Waals surface area contributed by atoms with Crippen LogP contribution in [0.3, 0.4) is 0 Å². The first-order valence-electron chi connectivity index (χ1n) is 5.50. The zero-order chi connectivity index (χ0) is 10.7. The number of halogens is 1. The number of aliphatic hydroxyl groups is 1. The maximum Gasteiger partial charge on any atom is 0.129 e. The number of rotatable bonds is 1. The van der Waals surface area contributed by atoms with Gasteiger partial charge in [0.05, 0.1) is 5.69 Å². The van der Waals surface area contributed by atoms with Crippen molar-refractivity contribution >= 4 is 11.6 Å². The van der Waals surface area contributed by atoms with Crippen LogP contribution in [0.15, 0.2) is 12.1 Å². The Morgan fingerprint density at radius 2 is 2.20 bits per heavy atom. The largest absolute Gasteiger partial charge is 0.383 e. The first kappa shape index (κ1) is 9.61. The molecule has 1 fully saturated rings. The van der Waals surface area contributed by atoms with Crippen molar-refractivity contribution in [3.63, 3.8) is 0 Å². The lowest BCUT2D eigenvalue weighted by Gasteiger charge is -2.29. The molecule has 0 radical (unpaired) electrons. The van der Waals surface area contributed by atoms with Crippen molar-refractivity contribution in [3.8, 4) is 0 Å². The van der Waals surface area contributed by atoms with Gasteiger partial charge in [-0.2, -0.15) is 0 Å². The molecule has 0 bridgehead atoms. The Kier molecular flexibility index (Phi) is 1.76. The van der Waals surface area contributed by atoms with E-state index in [2.05, 4.69) is 4.98 Å². The highest BCUT2D eigenvalue weighted by Crippen LogP contribution is 2.65. The monoisotopic (exact) mass is 223 g/mol. The minimum Gasteiger partial charge on any atom is -0.383 e. The summed E-state index contributed by atoms with van der Waals surface area (Å²) in [5, 5.41) is 11.2. The second-order valence-corrected chi connectivity index (χ2v) is 5.20. The molecular weight excluding hydrogens is 210 g/mol. The summed E-state index contributed by atoms with van der Waals surface area (Å²) in [4.78, 5) is 4.33. The molecule has 2 aliphatic rings. The van der Waals surface area contributed by atoms with Gasteiger partial charge < -0.3 is 5.11 Å². The van der Waals surface area contributed by atoms with Crippen LogP contribution in [-0.4, -0.2) is 10.1 Å². The lowest BCUT2D eigenvalue weighted by molar-refractivity contribution is -0.0324. The Bertz CT molecular complexity index is 428. The molecule has 0 aromatic carbocycles. The van der Waals surface area contributed by atoms with Gasteiger partial charge in [0.25, 0.3) is 0 Å². The van der Waals surface area contributed by atoms with Crippen LogP contribution >= 0.6 is 11.6 Å². The molecule has 0 saturated heterocycles. The number of hydrogen-bond donors (Lipinski definition) is 1. The molecular formula is C12H14ClNO. The molecule has 1 aromatic heterocycles. The third kappa shape index (κ3) is 1.07. The minimum absolute atomic E-state index is 0.0851. The predicted octanol–water partition coefficient (Wildman–Crippen LogP) is 2.67. The van der Waals surface area contributed by atoms with Gasteiger partial charge in [-0.3, -0.25) is 0 Å². The first-order chi connectivity index (χ1) is 7.11.